The van der Waals surface area contributed by atoms with E-state index < -0.39 is 0 Å². The summed E-state index contributed by atoms with van der Waals surface area (Å²) in [6, 6.07) is 1.53. The Morgan fingerprint density at radius 3 is 2.32 bits per heavy atom. The second-order valence-electron chi connectivity index (χ2n) is 6.81. The highest BCUT2D eigenvalue weighted by molar-refractivity contribution is 7.99. The molecule has 1 saturated carbocycles. The van der Waals surface area contributed by atoms with E-state index >= 15 is 0 Å². The van der Waals surface area contributed by atoms with Crippen molar-refractivity contribution >= 4 is 11.8 Å². The van der Waals surface area contributed by atoms with Crippen LogP contribution in [0, 0.1) is 11.8 Å². The molecule has 2 nitrogen and oxygen atoms in total. The van der Waals surface area contributed by atoms with Gasteiger partial charge in [0, 0.05) is 30.4 Å². The average molecular weight is 285 g/mol. The summed E-state index contributed by atoms with van der Waals surface area (Å²) in [6.45, 7) is 10.9. The molecule has 1 aliphatic carbocycles. The van der Waals surface area contributed by atoms with Gasteiger partial charge in [-0.25, -0.2) is 0 Å². The van der Waals surface area contributed by atoms with E-state index in [0.29, 0.717) is 0 Å². The Morgan fingerprint density at radius 1 is 1.16 bits per heavy atom. The van der Waals surface area contributed by atoms with Crippen LogP contribution in [-0.2, 0) is 0 Å². The molecule has 2 fully saturated rings. The minimum absolute atomic E-state index is 0.723. The van der Waals surface area contributed by atoms with Gasteiger partial charge in [-0.15, -0.1) is 0 Å². The number of rotatable bonds is 6. The van der Waals surface area contributed by atoms with Gasteiger partial charge in [0.05, 0.1) is 0 Å². The first-order valence-corrected chi connectivity index (χ1v) is 9.40. The molecule has 112 valence electrons. The molecule has 1 saturated heterocycles. The van der Waals surface area contributed by atoms with E-state index in [1.54, 1.807) is 0 Å². The standard InChI is InChI=1S/C16H32N2S/c1-12(2)18-10-14-6-5-7-15(11-18)16(14)17-9-8-13(3)19-4/h12-17H,5-11H2,1-4H3. The summed E-state index contributed by atoms with van der Waals surface area (Å²) < 4.78 is 0. The Labute approximate surface area is 124 Å². The maximum absolute atomic E-state index is 3.91. The predicted molar refractivity (Wildman–Crippen MR) is 86.9 cm³/mol. The third-order valence-corrected chi connectivity index (χ3v) is 6.21. The average Bonchev–Trinajstić information content (AvgIpc) is 2.37. The lowest BCUT2D eigenvalue weighted by Crippen LogP contribution is -2.58. The summed E-state index contributed by atoms with van der Waals surface area (Å²) in [5.41, 5.74) is 0. The first-order chi connectivity index (χ1) is 9.11. The van der Waals surface area contributed by atoms with Crippen LogP contribution in [0.4, 0.5) is 0 Å². The highest BCUT2D eigenvalue weighted by Gasteiger charge is 2.39. The van der Waals surface area contributed by atoms with Crippen LogP contribution in [0.3, 0.4) is 0 Å². The molecule has 0 aromatic rings. The van der Waals surface area contributed by atoms with Crippen molar-refractivity contribution in [1.82, 2.24) is 10.2 Å². The van der Waals surface area contributed by atoms with Gasteiger partial charge in [-0.1, -0.05) is 13.3 Å². The quantitative estimate of drug-likeness (QED) is 0.806. The molecule has 19 heavy (non-hydrogen) atoms. The monoisotopic (exact) mass is 284 g/mol. The fourth-order valence-electron chi connectivity index (χ4n) is 3.80. The highest BCUT2D eigenvalue weighted by Crippen LogP contribution is 2.35. The van der Waals surface area contributed by atoms with Crippen LogP contribution in [0.5, 0.6) is 0 Å². The maximum atomic E-state index is 3.91. The van der Waals surface area contributed by atoms with Gasteiger partial charge in [0.15, 0.2) is 0 Å². The molecule has 0 aromatic carbocycles. The van der Waals surface area contributed by atoms with Crippen LogP contribution in [0.25, 0.3) is 0 Å². The van der Waals surface area contributed by atoms with Crippen molar-refractivity contribution in [2.75, 3.05) is 25.9 Å². The molecule has 1 heterocycles. The van der Waals surface area contributed by atoms with Crippen molar-refractivity contribution in [1.29, 1.82) is 0 Å². The normalized spacial score (nSPS) is 33.6. The van der Waals surface area contributed by atoms with E-state index in [9.17, 15) is 0 Å². The third-order valence-electron chi connectivity index (χ3n) is 5.17. The highest BCUT2D eigenvalue weighted by atomic mass is 32.2. The van der Waals surface area contributed by atoms with Gasteiger partial charge in [0.1, 0.15) is 0 Å². The molecule has 2 bridgehead atoms. The predicted octanol–water partition coefficient (Wildman–Crippen LogP) is 3.23. The summed E-state index contributed by atoms with van der Waals surface area (Å²) in [4.78, 5) is 2.71. The second kappa shape index (κ2) is 7.33. The van der Waals surface area contributed by atoms with Crippen LogP contribution in [0.1, 0.15) is 46.5 Å². The zero-order valence-electron chi connectivity index (χ0n) is 13.2. The number of thioether (sulfide) groups is 1. The number of likely N-dealkylation sites (tertiary alicyclic amines) is 1. The molecular formula is C16H32N2S. The zero-order chi connectivity index (χ0) is 13.8. The van der Waals surface area contributed by atoms with Crippen molar-refractivity contribution in [3.8, 4) is 0 Å². The second-order valence-corrected chi connectivity index (χ2v) is 8.09. The number of nitrogens with one attached hydrogen (secondary N) is 1. The zero-order valence-corrected chi connectivity index (χ0v) is 14.0. The van der Waals surface area contributed by atoms with E-state index in [4.69, 9.17) is 0 Å². The Hall–Kier alpha value is 0.270. The van der Waals surface area contributed by atoms with Gasteiger partial charge >= 0.3 is 0 Å². The van der Waals surface area contributed by atoms with Gasteiger partial charge in [-0.3, -0.25) is 0 Å². The summed E-state index contributed by atoms with van der Waals surface area (Å²) in [7, 11) is 0. The molecule has 1 aliphatic heterocycles. The lowest BCUT2D eigenvalue weighted by molar-refractivity contribution is 0.0298. The molecule has 0 spiro atoms. The molecule has 3 heteroatoms. The Balaban J connectivity index is 1.84. The molecule has 1 N–H and O–H groups in total. The number of nitrogens with zero attached hydrogens (tertiary/aromatic N) is 1. The van der Waals surface area contributed by atoms with Crippen LogP contribution in [0.15, 0.2) is 0 Å². The van der Waals surface area contributed by atoms with Gasteiger partial charge < -0.3 is 10.2 Å². The van der Waals surface area contributed by atoms with Crippen molar-refractivity contribution in [2.45, 2.75) is 63.8 Å². The maximum Gasteiger partial charge on any atom is 0.0148 e. The minimum Gasteiger partial charge on any atom is -0.313 e. The topological polar surface area (TPSA) is 15.3 Å². The van der Waals surface area contributed by atoms with E-state index in [1.165, 1.54) is 45.3 Å². The molecule has 0 radical (unpaired) electrons. The van der Waals surface area contributed by atoms with E-state index in [1.807, 2.05) is 11.8 Å². The van der Waals surface area contributed by atoms with Gasteiger partial charge in [0.25, 0.3) is 0 Å². The summed E-state index contributed by atoms with van der Waals surface area (Å²) in [5.74, 6) is 1.80. The fourth-order valence-corrected chi connectivity index (χ4v) is 4.15. The van der Waals surface area contributed by atoms with E-state index in [2.05, 4.69) is 37.2 Å². The van der Waals surface area contributed by atoms with Crippen LogP contribution in [-0.4, -0.2) is 48.1 Å². The van der Waals surface area contributed by atoms with Crippen LogP contribution < -0.4 is 5.32 Å². The first-order valence-electron chi connectivity index (χ1n) is 8.12. The SMILES string of the molecule is CSC(C)CCNC1C2CCCC1CN(C(C)C)C2. The van der Waals surface area contributed by atoms with Crippen LogP contribution in [0.2, 0.25) is 0 Å². The summed E-state index contributed by atoms with van der Waals surface area (Å²) in [5, 5.41) is 4.70. The van der Waals surface area contributed by atoms with Crippen molar-refractivity contribution < 1.29 is 0 Å². The lowest BCUT2D eigenvalue weighted by Gasteiger charge is -2.49. The summed E-state index contributed by atoms with van der Waals surface area (Å²) in [6.07, 6.45) is 7.87. The molecule has 3 atom stereocenters. The summed E-state index contributed by atoms with van der Waals surface area (Å²) >= 11 is 1.99. The van der Waals surface area contributed by atoms with Gasteiger partial charge in [-0.2, -0.15) is 11.8 Å². The van der Waals surface area contributed by atoms with Crippen molar-refractivity contribution in [3.05, 3.63) is 0 Å². The Kier molecular flexibility index (Phi) is 6.04. The molecule has 3 unspecified atom stereocenters. The Bertz CT molecular complexity index is 255. The van der Waals surface area contributed by atoms with Gasteiger partial charge in [-0.05, 0) is 57.7 Å². The number of piperidine rings is 1. The lowest BCUT2D eigenvalue weighted by atomic mass is 9.73. The fraction of sp³-hybridized carbons (Fsp3) is 1.00. The molecular weight excluding hydrogens is 252 g/mol. The number of hydrogen-bond donors (Lipinski definition) is 1. The van der Waals surface area contributed by atoms with Gasteiger partial charge in [0.2, 0.25) is 0 Å². The number of hydrogen-bond acceptors (Lipinski definition) is 3. The number of fused-ring (bicyclic) bond motifs is 2. The smallest absolute Gasteiger partial charge is 0.0148 e. The van der Waals surface area contributed by atoms with E-state index in [0.717, 1.165) is 29.2 Å². The van der Waals surface area contributed by atoms with Crippen LogP contribution >= 0.6 is 11.8 Å². The minimum atomic E-state index is 0.723. The van der Waals surface area contributed by atoms with Crippen molar-refractivity contribution in [3.63, 3.8) is 0 Å². The molecule has 2 aliphatic rings. The third kappa shape index (κ3) is 4.12. The largest absolute Gasteiger partial charge is 0.313 e. The van der Waals surface area contributed by atoms with E-state index in [-0.39, 0.29) is 0 Å². The van der Waals surface area contributed by atoms with Crippen molar-refractivity contribution in [2.24, 2.45) is 11.8 Å². The molecule has 0 amide bonds. The molecule has 0 aromatic heterocycles. The first kappa shape index (κ1) is 15.7. The molecule has 2 rings (SSSR count). The Morgan fingerprint density at radius 2 is 1.79 bits per heavy atom.